The Labute approximate surface area is 151 Å². The van der Waals surface area contributed by atoms with Crippen LogP contribution < -0.4 is 19.5 Å². The Morgan fingerprint density at radius 1 is 1.20 bits per heavy atom. The summed E-state index contributed by atoms with van der Waals surface area (Å²) < 4.78 is 7.31. The molecule has 0 bridgehead atoms. The predicted octanol–water partition coefficient (Wildman–Crippen LogP) is 2.00. The highest BCUT2D eigenvalue weighted by molar-refractivity contribution is 7.08. The lowest BCUT2D eigenvalue weighted by Crippen LogP contribution is -2.30. The maximum atomic E-state index is 12.9. The molecule has 0 aliphatic rings. The largest absolute Gasteiger partial charge is 0.497 e. The van der Waals surface area contributed by atoms with Gasteiger partial charge in [0, 0.05) is 0 Å². The second-order valence-corrected chi connectivity index (χ2v) is 6.72. The average Bonchev–Trinajstić information content (AvgIpc) is 3.26. The molecule has 0 amide bonds. The van der Waals surface area contributed by atoms with Crippen molar-refractivity contribution in [2.45, 2.75) is 0 Å². The molecule has 3 aromatic rings. The van der Waals surface area contributed by atoms with Gasteiger partial charge in [-0.2, -0.15) is 21.9 Å². The van der Waals surface area contributed by atoms with Crippen LogP contribution in [-0.2, 0) is 0 Å². The number of benzene rings is 1. The molecule has 0 N–H and O–H groups in total. The Kier molecular flexibility index (Phi) is 4.80. The van der Waals surface area contributed by atoms with E-state index in [2.05, 4.69) is 0 Å². The van der Waals surface area contributed by atoms with Crippen LogP contribution in [0.25, 0.3) is 17.3 Å². The molecular weight excluding hydrogens is 354 g/mol. The smallest absolute Gasteiger partial charge is 0.273 e. The summed E-state index contributed by atoms with van der Waals surface area (Å²) >= 11 is 2.66. The Morgan fingerprint density at radius 2 is 1.92 bits per heavy atom. The molecule has 0 atom stereocenters. The fourth-order valence-electron chi connectivity index (χ4n) is 2.24. The molecule has 0 fully saturated rings. The molecule has 0 saturated heterocycles. The summed E-state index contributed by atoms with van der Waals surface area (Å²) in [7, 11) is 1.56. The van der Waals surface area contributed by atoms with Gasteiger partial charge in [-0.15, -0.1) is 11.3 Å². The second kappa shape index (κ2) is 7.18. The van der Waals surface area contributed by atoms with E-state index >= 15 is 0 Å². The number of hydrogen-bond acceptors (Lipinski definition) is 6. The predicted molar refractivity (Wildman–Crippen MR) is 98.2 cm³/mol. The highest BCUT2D eigenvalue weighted by Gasteiger charge is 2.11. The Bertz CT molecular complexity index is 1140. The molecule has 0 aliphatic heterocycles. The molecule has 2 aromatic heterocycles. The number of hydrogen-bond donors (Lipinski definition) is 0. The minimum Gasteiger partial charge on any atom is -0.497 e. The first-order valence-corrected chi connectivity index (χ1v) is 8.88. The Hall–Kier alpha value is -3.13. The monoisotopic (exact) mass is 365 g/mol. The fraction of sp³-hybridized carbons (Fsp3) is 0.0556. The van der Waals surface area contributed by atoms with Crippen LogP contribution in [0.15, 0.2) is 45.9 Å². The van der Waals surface area contributed by atoms with Crippen LogP contribution in [0.3, 0.4) is 0 Å². The van der Waals surface area contributed by atoms with E-state index in [1.54, 1.807) is 37.5 Å². The summed E-state index contributed by atoms with van der Waals surface area (Å²) in [5.41, 5.74) is 1.12. The van der Waals surface area contributed by atoms with E-state index < -0.39 is 0 Å². The number of methoxy groups -OCH3 is 1. The molecule has 0 aliphatic carbocycles. The number of ether oxygens (including phenoxy) is 1. The van der Waals surface area contributed by atoms with Gasteiger partial charge in [0.25, 0.3) is 5.56 Å². The van der Waals surface area contributed by atoms with E-state index in [-0.39, 0.29) is 11.1 Å². The molecule has 122 valence electrons. The number of nitrogens with zero attached hydrogens (tertiary/aromatic N) is 3. The third kappa shape index (κ3) is 3.24. The van der Waals surface area contributed by atoms with Crippen LogP contribution in [-0.4, -0.2) is 11.7 Å². The molecule has 0 radical (unpaired) electrons. The van der Waals surface area contributed by atoms with Crippen molar-refractivity contribution in [2.75, 3.05) is 7.11 Å². The first kappa shape index (κ1) is 16.7. The van der Waals surface area contributed by atoms with Gasteiger partial charge in [0.15, 0.2) is 5.57 Å². The van der Waals surface area contributed by atoms with Gasteiger partial charge in [0.05, 0.1) is 17.3 Å². The molecule has 3 rings (SSSR count). The van der Waals surface area contributed by atoms with Crippen LogP contribution in [0.2, 0.25) is 0 Å². The van der Waals surface area contributed by atoms with Gasteiger partial charge < -0.3 is 4.74 Å². The summed E-state index contributed by atoms with van der Waals surface area (Å²) in [5, 5.41) is 22.3. The summed E-state index contributed by atoms with van der Waals surface area (Å²) in [6, 6.07) is 12.5. The van der Waals surface area contributed by atoms with Crippen molar-refractivity contribution < 1.29 is 4.74 Å². The maximum Gasteiger partial charge on any atom is 0.273 e. The molecule has 0 unspecified atom stereocenters. The van der Waals surface area contributed by atoms with Crippen molar-refractivity contribution in [1.29, 1.82) is 10.5 Å². The Balaban J connectivity index is 2.36. The molecule has 25 heavy (non-hydrogen) atoms. The molecule has 7 heteroatoms. The highest BCUT2D eigenvalue weighted by atomic mass is 32.1. The van der Waals surface area contributed by atoms with Crippen molar-refractivity contribution >= 4 is 34.3 Å². The minimum atomic E-state index is -0.264. The van der Waals surface area contributed by atoms with Crippen LogP contribution in [0.4, 0.5) is 0 Å². The van der Waals surface area contributed by atoms with Crippen molar-refractivity contribution in [3.8, 4) is 23.6 Å². The standard InChI is InChI=1S/C18H11N3O2S2/c1-23-15-4-2-14(3-5-15)21-17(22)16(8-12-6-7-24-11-12)25-18(21)13(9-19)10-20/h2-8,11H,1H3/b16-8+. The summed E-state index contributed by atoms with van der Waals surface area (Å²) in [4.78, 5) is 12.9. The van der Waals surface area contributed by atoms with E-state index in [0.29, 0.717) is 20.6 Å². The topological polar surface area (TPSA) is 78.8 Å². The number of aromatic nitrogens is 1. The SMILES string of the molecule is COc1ccc(-n2c(=C(C#N)C#N)s/c(=C/c3ccsc3)c2=O)cc1. The lowest BCUT2D eigenvalue weighted by atomic mass is 10.3. The lowest BCUT2D eigenvalue weighted by Gasteiger charge is -2.04. The van der Waals surface area contributed by atoms with Gasteiger partial charge in [-0.1, -0.05) is 0 Å². The zero-order valence-corrected chi connectivity index (χ0v) is 14.7. The average molecular weight is 365 g/mol. The first-order chi connectivity index (χ1) is 12.2. The number of thiophene rings is 1. The number of nitriles is 2. The molecule has 1 aromatic carbocycles. The zero-order valence-electron chi connectivity index (χ0n) is 13.1. The molecular formula is C18H11N3O2S2. The summed E-state index contributed by atoms with van der Waals surface area (Å²) in [6.45, 7) is 0. The normalized spacial score (nSPS) is 10.9. The second-order valence-electron chi connectivity index (χ2n) is 4.91. The van der Waals surface area contributed by atoms with Gasteiger partial charge in [-0.05, 0) is 52.7 Å². The van der Waals surface area contributed by atoms with Crippen LogP contribution in [0.5, 0.6) is 5.75 Å². The summed E-state index contributed by atoms with van der Waals surface area (Å²) in [6.07, 6.45) is 1.76. The molecule has 2 heterocycles. The Morgan fingerprint density at radius 3 is 2.48 bits per heavy atom. The van der Waals surface area contributed by atoms with E-state index in [1.807, 2.05) is 29.0 Å². The van der Waals surface area contributed by atoms with Gasteiger partial charge in [-0.25, -0.2) is 0 Å². The van der Waals surface area contributed by atoms with Crippen molar-refractivity contribution in [1.82, 2.24) is 4.57 Å². The van der Waals surface area contributed by atoms with E-state index in [4.69, 9.17) is 4.74 Å². The van der Waals surface area contributed by atoms with E-state index in [1.165, 1.54) is 15.9 Å². The number of thiazole rings is 1. The zero-order chi connectivity index (χ0) is 17.8. The van der Waals surface area contributed by atoms with Crippen molar-refractivity contribution in [2.24, 2.45) is 0 Å². The number of rotatable bonds is 3. The maximum absolute atomic E-state index is 12.9. The quantitative estimate of drug-likeness (QED) is 0.711. The minimum absolute atomic E-state index is 0.0945. The first-order valence-electron chi connectivity index (χ1n) is 7.12. The van der Waals surface area contributed by atoms with Crippen LogP contribution in [0.1, 0.15) is 5.56 Å². The summed E-state index contributed by atoms with van der Waals surface area (Å²) in [5.74, 6) is 0.656. The van der Waals surface area contributed by atoms with Crippen LogP contribution in [0, 0.1) is 22.7 Å². The molecule has 5 nitrogen and oxygen atoms in total. The van der Waals surface area contributed by atoms with Gasteiger partial charge >= 0.3 is 0 Å². The highest BCUT2D eigenvalue weighted by Crippen LogP contribution is 2.13. The van der Waals surface area contributed by atoms with E-state index in [0.717, 1.165) is 16.9 Å². The third-order valence-electron chi connectivity index (χ3n) is 3.43. The van der Waals surface area contributed by atoms with Gasteiger partial charge in [0.2, 0.25) is 0 Å². The van der Waals surface area contributed by atoms with Gasteiger partial charge in [-0.3, -0.25) is 9.36 Å². The molecule has 0 spiro atoms. The van der Waals surface area contributed by atoms with Crippen molar-refractivity contribution in [3.63, 3.8) is 0 Å². The lowest BCUT2D eigenvalue weighted by molar-refractivity contribution is 0.414. The van der Waals surface area contributed by atoms with Crippen molar-refractivity contribution in [3.05, 3.63) is 66.2 Å². The fourth-order valence-corrected chi connectivity index (χ4v) is 3.92. The van der Waals surface area contributed by atoms with Crippen LogP contribution >= 0.6 is 22.7 Å². The van der Waals surface area contributed by atoms with E-state index in [9.17, 15) is 15.3 Å². The van der Waals surface area contributed by atoms with Gasteiger partial charge in [0.1, 0.15) is 22.6 Å². The third-order valence-corrected chi connectivity index (χ3v) is 5.23. The molecule has 0 saturated carbocycles.